The molecule has 1 aromatic carbocycles. The Morgan fingerprint density at radius 3 is 2.62 bits per heavy atom. The third-order valence-electron chi connectivity index (χ3n) is 4.65. The van der Waals surface area contributed by atoms with E-state index in [1.54, 1.807) is 12.1 Å². The van der Waals surface area contributed by atoms with Crippen LogP contribution < -0.4 is 10.5 Å². The summed E-state index contributed by atoms with van der Waals surface area (Å²) in [5.41, 5.74) is 6.04. The van der Waals surface area contributed by atoms with Crippen LogP contribution in [-0.4, -0.2) is 49.6 Å². The molecule has 2 fully saturated rings. The van der Waals surface area contributed by atoms with E-state index in [4.69, 9.17) is 10.8 Å². The second-order valence-corrected chi connectivity index (χ2v) is 8.50. The number of hydrogen-bond acceptors (Lipinski definition) is 5. The Bertz CT molecular complexity index is 712. The van der Waals surface area contributed by atoms with E-state index in [-0.39, 0.29) is 23.5 Å². The smallest absolute Gasteiger partial charge is 0.317 e. The van der Waals surface area contributed by atoms with E-state index in [0.717, 1.165) is 19.4 Å². The van der Waals surface area contributed by atoms with Gasteiger partial charge in [0, 0.05) is 24.3 Å². The van der Waals surface area contributed by atoms with Crippen molar-refractivity contribution in [3.8, 4) is 0 Å². The summed E-state index contributed by atoms with van der Waals surface area (Å²) >= 11 is 0. The van der Waals surface area contributed by atoms with Crippen molar-refractivity contribution in [2.45, 2.75) is 42.7 Å². The van der Waals surface area contributed by atoms with Crippen molar-refractivity contribution in [3.05, 3.63) is 24.3 Å². The van der Waals surface area contributed by atoms with Crippen LogP contribution in [0.1, 0.15) is 25.7 Å². The number of nitrogens with two attached hydrogens (primary N) is 1. The molecule has 0 spiro atoms. The SMILES string of the molecule is Nc1cccc(S(=O)(=O)NC2CC(N(CC(=O)O)CC3CC3)C2)c1. The molecule has 8 heteroatoms. The van der Waals surface area contributed by atoms with Gasteiger partial charge in [-0.2, -0.15) is 0 Å². The lowest BCUT2D eigenvalue weighted by molar-refractivity contribution is -0.139. The fourth-order valence-corrected chi connectivity index (χ4v) is 4.42. The highest BCUT2D eigenvalue weighted by molar-refractivity contribution is 7.89. The van der Waals surface area contributed by atoms with Gasteiger partial charge in [-0.15, -0.1) is 0 Å². The van der Waals surface area contributed by atoms with Crippen molar-refractivity contribution >= 4 is 21.7 Å². The van der Waals surface area contributed by atoms with Gasteiger partial charge in [0.15, 0.2) is 0 Å². The number of carboxylic acids is 1. The molecule has 0 amide bonds. The van der Waals surface area contributed by atoms with Crippen molar-refractivity contribution in [2.24, 2.45) is 5.92 Å². The predicted molar refractivity (Wildman–Crippen MR) is 89.9 cm³/mol. The minimum Gasteiger partial charge on any atom is -0.480 e. The number of benzene rings is 1. The fraction of sp³-hybridized carbons (Fsp3) is 0.562. The molecule has 0 radical (unpaired) electrons. The molecule has 7 nitrogen and oxygen atoms in total. The lowest BCUT2D eigenvalue weighted by atomic mass is 9.86. The van der Waals surface area contributed by atoms with Crippen LogP contribution in [0.5, 0.6) is 0 Å². The second-order valence-electron chi connectivity index (χ2n) is 6.78. The number of nitrogen functional groups attached to an aromatic ring is 1. The van der Waals surface area contributed by atoms with Crippen molar-refractivity contribution in [2.75, 3.05) is 18.8 Å². The average molecular weight is 353 g/mol. The Morgan fingerprint density at radius 2 is 2.04 bits per heavy atom. The third kappa shape index (κ3) is 4.25. The van der Waals surface area contributed by atoms with Gasteiger partial charge >= 0.3 is 5.97 Å². The predicted octanol–water partition coefficient (Wildman–Crippen LogP) is 0.875. The molecule has 0 saturated heterocycles. The first-order chi connectivity index (χ1) is 11.3. The summed E-state index contributed by atoms with van der Waals surface area (Å²) < 4.78 is 27.4. The number of carbonyl (C=O) groups is 1. The van der Waals surface area contributed by atoms with E-state index in [2.05, 4.69) is 4.72 Å². The fourth-order valence-electron chi connectivity index (χ4n) is 3.10. The van der Waals surface area contributed by atoms with Crippen LogP contribution in [0.3, 0.4) is 0 Å². The monoisotopic (exact) mass is 353 g/mol. The minimum absolute atomic E-state index is 0.0237. The highest BCUT2D eigenvalue weighted by Crippen LogP contribution is 2.34. The first-order valence-electron chi connectivity index (χ1n) is 8.17. The molecule has 4 N–H and O–H groups in total. The number of sulfonamides is 1. The van der Waals surface area contributed by atoms with Crippen LogP contribution in [0.4, 0.5) is 5.69 Å². The van der Waals surface area contributed by atoms with Crippen LogP contribution >= 0.6 is 0 Å². The Kier molecular flexibility index (Phi) is 4.80. The number of rotatable bonds is 8. The van der Waals surface area contributed by atoms with Crippen molar-refractivity contribution in [3.63, 3.8) is 0 Å². The second kappa shape index (κ2) is 6.70. The first kappa shape index (κ1) is 17.2. The molecule has 2 aliphatic carbocycles. The van der Waals surface area contributed by atoms with Crippen molar-refractivity contribution in [1.29, 1.82) is 0 Å². The molecule has 0 heterocycles. The maximum atomic E-state index is 12.4. The van der Waals surface area contributed by atoms with Crippen LogP contribution in [0.25, 0.3) is 0 Å². The maximum Gasteiger partial charge on any atom is 0.317 e. The number of nitrogens with zero attached hydrogens (tertiary/aromatic N) is 1. The number of hydrogen-bond donors (Lipinski definition) is 3. The molecule has 3 rings (SSSR count). The van der Waals surface area contributed by atoms with Crippen LogP contribution in [0.2, 0.25) is 0 Å². The summed E-state index contributed by atoms with van der Waals surface area (Å²) in [6.07, 6.45) is 3.60. The Labute approximate surface area is 141 Å². The highest BCUT2D eigenvalue weighted by atomic mass is 32.2. The van der Waals surface area contributed by atoms with Gasteiger partial charge in [-0.05, 0) is 49.8 Å². The van der Waals surface area contributed by atoms with E-state index in [1.165, 1.54) is 12.1 Å². The molecule has 2 saturated carbocycles. The summed E-state index contributed by atoms with van der Waals surface area (Å²) in [5, 5.41) is 9.05. The lowest BCUT2D eigenvalue weighted by Gasteiger charge is -2.42. The third-order valence-corrected chi connectivity index (χ3v) is 6.17. The van der Waals surface area contributed by atoms with Gasteiger partial charge in [-0.1, -0.05) is 6.07 Å². The largest absolute Gasteiger partial charge is 0.480 e. The molecule has 1 aromatic rings. The molecule has 0 aromatic heterocycles. The number of anilines is 1. The summed E-state index contributed by atoms with van der Waals surface area (Å²) in [4.78, 5) is 13.2. The van der Waals surface area contributed by atoms with Gasteiger partial charge in [0.1, 0.15) is 0 Å². The molecule has 132 valence electrons. The Morgan fingerprint density at radius 1 is 1.33 bits per heavy atom. The normalized spacial score (nSPS) is 23.9. The number of carboxylic acid groups (broad SMARTS) is 1. The van der Waals surface area contributed by atoms with E-state index >= 15 is 0 Å². The van der Waals surface area contributed by atoms with Gasteiger partial charge in [0.05, 0.1) is 11.4 Å². The maximum absolute atomic E-state index is 12.4. The molecular formula is C16H23N3O4S. The van der Waals surface area contributed by atoms with Crippen molar-refractivity contribution in [1.82, 2.24) is 9.62 Å². The zero-order valence-electron chi connectivity index (χ0n) is 13.4. The molecule has 0 aliphatic heterocycles. The summed E-state index contributed by atoms with van der Waals surface area (Å²) in [7, 11) is -3.59. The van der Waals surface area contributed by atoms with E-state index in [0.29, 0.717) is 24.4 Å². The van der Waals surface area contributed by atoms with Gasteiger partial charge in [-0.3, -0.25) is 9.69 Å². The molecule has 24 heavy (non-hydrogen) atoms. The molecule has 0 unspecified atom stereocenters. The van der Waals surface area contributed by atoms with E-state index in [9.17, 15) is 13.2 Å². The van der Waals surface area contributed by atoms with Crippen LogP contribution in [0.15, 0.2) is 29.2 Å². The van der Waals surface area contributed by atoms with E-state index in [1.807, 2.05) is 4.90 Å². The number of aliphatic carboxylic acids is 1. The zero-order valence-corrected chi connectivity index (χ0v) is 14.2. The molecular weight excluding hydrogens is 330 g/mol. The molecule has 0 atom stereocenters. The average Bonchev–Trinajstić information content (AvgIpc) is 3.25. The summed E-state index contributed by atoms with van der Waals surface area (Å²) in [6.45, 7) is 0.821. The topological polar surface area (TPSA) is 113 Å². The summed E-state index contributed by atoms with van der Waals surface area (Å²) in [5.74, 6) is -0.230. The lowest BCUT2D eigenvalue weighted by Crippen LogP contribution is -2.55. The number of nitrogens with one attached hydrogen (secondary N) is 1. The minimum atomic E-state index is -3.59. The van der Waals surface area contributed by atoms with Crippen LogP contribution in [0, 0.1) is 5.92 Å². The van der Waals surface area contributed by atoms with Crippen LogP contribution in [-0.2, 0) is 14.8 Å². The zero-order chi connectivity index (χ0) is 17.3. The molecule has 2 aliphatic rings. The molecule has 0 bridgehead atoms. The Hall–Kier alpha value is -1.64. The summed E-state index contributed by atoms with van der Waals surface area (Å²) in [6, 6.07) is 6.17. The quantitative estimate of drug-likeness (QED) is 0.598. The van der Waals surface area contributed by atoms with Gasteiger partial charge in [-0.25, -0.2) is 13.1 Å². The first-order valence-corrected chi connectivity index (χ1v) is 9.65. The van der Waals surface area contributed by atoms with Crippen molar-refractivity contribution < 1.29 is 18.3 Å². The van der Waals surface area contributed by atoms with Gasteiger partial charge < -0.3 is 10.8 Å². The standard InChI is InChI=1S/C16H23N3O4S/c17-12-2-1-3-15(6-12)24(22,23)18-13-7-14(8-13)19(10-16(20)21)9-11-4-5-11/h1-3,6,11,13-14,18H,4-5,7-10,17H2,(H,20,21). The van der Waals surface area contributed by atoms with Gasteiger partial charge in [0.25, 0.3) is 0 Å². The van der Waals surface area contributed by atoms with E-state index < -0.39 is 16.0 Å². The highest BCUT2D eigenvalue weighted by Gasteiger charge is 2.38. The van der Waals surface area contributed by atoms with Gasteiger partial charge in [0.2, 0.25) is 10.0 Å². The Balaban J connectivity index is 1.56.